The van der Waals surface area contributed by atoms with Gasteiger partial charge in [0.15, 0.2) is 5.65 Å². The van der Waals surface area contributed by atoms with E-state index in [1.165, 1.54) is 19.3 Å². The summed E-state index contributed by atoms with van der Waals surface area (Å²) in [6.45, 7) is 0. The van der Waals surface area contributed by atoms with Gasteiger partial charge in [0.2, 0.25) is 0 Å². The quantitative estimate of drug-likeness (QED) is 0.796. The topological polar surface area (TPSA) is 50.7 Å². The van der Waals surface area contributed by atoms with Gasteiger partial charge in [0, 0.05) is 12.2 Å². The molecular formula is C12H15N3O. The Kier molecular flexibility index (Phi) is 2.27. The van der Waals surface area contributed by atoms with Crippen molar-refractivity contribution in [2.75, 3.05) is 0 Å². The first-order chi connectivity index (χ1) is 7.86. The summed E-state index contributed by atoms with van der Waals surface area (Å²) < 4.78 is 1.89. The Balaban J connectivity index is 2.14. The molecule has 0 aromatic carbocycles. The molecule has 3 rings (SSSR count). The van der Waals surface area contributed by atoms with Crippen LogP contribution in [-0.2, 0) is 0 Å². The van der Waals surface area contributed by atoms with E-state index in [0.29, 0.717) is 11.7 Å². The second-order valence-electron chi connectivity index (χ2n) is 4.46. The lowest BCUT2D eigenvalue weighted by Gasteiger charge is -2.22. The number of H-pyrrole nitrogens is 1. The van der Waals surface area contributed by atoms with E-state index in [0.717, 1.165) is 18.4 Å². The van der Waals surface area contributed by atoms with Crippen LogP contribution >= 0.6 is 0 Å². The lowest BCUT2D eigenvalue weighted by atomic mass is 9.95. The first kappa shape index (κ1) is 9.63. The standard InChI is InChI=1S/C12H15N3O/c16-12-14-11-10(7-4-8-13-11)15(12)9-5-2-1-3-6-9/h4,7-9H,1-3,5-6H2,(H,13,14,16). The van der Waals surface area contributed by atoms with Gasteiger partial charge in [0.1, 0.15) is 0 Å². The van der Waals surface area contributed by atoms with Crippen molar-refractivity contribution in [2.45, 2.75) is 38.1 Å². The van der Waals surface area contributed by atoms with Crippen molar-refractivity contribution in [3.8, 4) is 0 Å². The van der Waals surface area contributed by atoms with Crippen LogP contribution in [0.2, 0.25) is 0 Å². The molecule has 84 valence electrons. The van der Waals surface area contributed by atoms with Crippen LogP contribution in [0.25, 0.3) is 11.2 Å². The molecule has 1 N–H and O–H groups in total. The number of fused-ring (bicyclic) bond motifs is 1. The van der Waals surface area contributed by atoms with Crippen molar-refractivity contribution in [2.24, 2.45) is 0 Å². The lowest BCUT2D eigenvalue weighted by molar-refractivity contribution is 0.353. The van der Waals surface area contributed by atoms with Gasteiger partial charge in [-0.25, -0.2) is 9.78 Å². The number of aromatic nitrogens is 3. The molecule has 16 heavy (non-hydrogen) atoms. The number of pyridine rings is 1. The molecule has 4 nitrogen and oxygen atoms in total. The van der Waals surface area contributed by atoms with E-state index in [1.54, 1.807) is 6.20 Å². The predicted octanol–water partition coefficient (Wildman–Crippen LogP) is 2.23. The summed E-state index contributed by atoms with van der Waals surface area (Å²) in [5.41, 5.74) is 1.64. The van der Waals surface area contributed by atoms with Crippen LogP contribution in [0.4, 0.5) is 0 Å². The van der Waals surface area contributed by atoms with Crippen molar-refractivity contribution in [3.05, 3.63) is 28.8 Å². The zero-order chi connectivity index (χ0) is 11.0. The molecule has 2 aromatic heterocycles. The average Bonchev–Trinajstić information content (AvgIpc) is 2.66. The van der Waals surface area contributed by atoms with Crippen LogP contribution in [0.15, 0.2) is 23.1 Å². The number of nitrogens with zero attached hydrogens (tertiary/aromatic N) is 2. The Morgan fingerprint density at radius 2 is 2.12 bits per heavy atom. The van der Waals surface area contributed by atoms with Gasteiger partial charge in [-0.2, -0.15) is 0 Å². The van der Waals surface area contributed by atoms with E-state index >= 15 is 0 Å². The van der Waals surface area contributed by atoms with Crippen molar-refractivity contribution in [1.29, 1.82) is 0 Å². The molecule has 1 aliphatic carbocycles. The van der Waals surface area contributed by atoms with Crippen LogP contribution in [0.3, 0.4) is 0 Å². The molecule has 0 saturated heterocycles. The summed E-state index contributed by atoms with van der Waals surface area (Å²) in [7, 11) is 0. The van der Waals surface area contributed by atoms with E-state index in [1.807, 2.05) is 16.7 Å². The van der Waals surface area contributed by atoms with Crippen LogP contribution in [0.1, 0.15) is 38.1 Å². The largest absolute Gasteiger partial charge is 0.327 e. The molecule has 2 heterocycles. The Hall–Kier alpha value is -1.58. The van der Waals surface area contributed by atoms with Gasteiger partial charge in [-0.1, -0.05) is 19.3 Å². The fourth-order valence-electron chi connectivity index (χ4n) is 2.66. The monoisotopic (exact) mass is 217 g/mol. The maximum absolute atomic E-state index is 11.9. The van der Waals surface area contributed by atoms with Crippen molar-refractivity contribution in [3.63, 3.8) is 0 Å². The molecule has 0 atom stereocenters. The van der Waals surface area contributed by atoms with Crippen LogP contribution in [0.5, 0.6) is 0 Å². The third-order valence-corrected chi connectivity index (χ3v) is 3.43. The van der Waals surface area contributed by atoms with E-state index < -0.39 is 0 Å². The maximum atomic E-state index is 11.9. The highest BCUT2D eigenvalue weighted by Gasteiger charge is 2.19. The molecule has 1 aliphatic rings. The number of hydrogen-bond donors (Lipinski definition) is 1. The minimum absolute atomic E-state index is 0.0133. The summed E-state index contributed by atoms with van der Waals surface area (Å²) in [6, 6.07) is 4.21. The smallest absolute Gasteiger partial charge is 0.290 e. The molecule has 0 spiro atoms. The van der Waals surface area contributed by atoms with Crippen molar-refractivity contribution in [1.82, 2.24) is 14.5 Å². The lowest BCUT2D eigenvalue weighted by Crippen LogP contribution is -2.23. The Morgan fingerprint density at radius 1 is 1.31 bits per heavy atom. The molecular weight excluding hydrogens is 202 g/mol. The third-order valence-electron chi connectivity index (χ3n) is 3.43. The minimum atomic E-state index is -0.0133. The molecule has 0 radical (unpaired) electrons. The van der Waals surface area contributed by atoms with Gasteiger partial charge in [0.05, 0.1) is 5.52 Å². The summed E-state index contributed by atoms with van der Waals surface area (Å²) >= 11 is 0. The van der Waals surface area contributed by atoms with Gasteiger partial charge in [-0.05, 0) is 25.0 Å². The van der Waals surface area contributed by atoms with Gasteiger partial charge in [-0.3, -0.25) is 9.55 Å². The molecule has 0 amide bonds. The average molecular weight is 217 g/mol. The number of aromatic amines is 1. The highest BCUT2D eigenvalue weighted by molar-refractivity contribution is 5.70. The Bertz CT molecular complexity index is 549. The molecule has 1 fully saturated rings. The molecule has 4 heteroatoms. The maximum Gasteiger partial charge on any atom is 0.327 e. The van der Waals surface area contributed by atoms with E-state index in [4.69, 9.17) is 0 Å². The van der Waals surface area contributed by atoms with E-state index in [9.17, 15) is 4.79 Å². The van der Waals surface area contributed by atoms with Crippen molar-refractivity contribution >= 4 is 11.2 Å². The molecule has 0 aliphatic heterocycles. The van der Waals surface area contributed by atoms with Gasteiger partial charge in [0.25, 0.3) is 0 Å². The van der Waals surface area contributed by atoms with Crippen molar-refractivity contribution < 1.29 is 0 Å². The normalized spacial score (nSPS) is 18.0. The summed E-state index contributed by atoms with van der Waals surface area (Å²) in [5, 5.41) is 0. The first-order valence-electron chi connectivity index (χ1n) is 5.91. The highest BCUT2D eigenvalue weighted by atomic mass is 16.1. The zero-order valence-electron chi connectivity index (χ0n) is 9.15. The fourth-order valence-corrected chi connectivity index (χ4v) is 2.66. The third kappa shape index (κ3) is 1.45. The predicted molar refractivity (Wildman–Crippen MR) is 62.5 cm³/mol. The summed E-state index contributed by atoms with van der Waals surface area (Å²) in [6.07, 6.45) is 7.69. The fraction of sp³-hybridized carbons (Fsp3) is 0.500. The summed E-state index contributed by atoms with van der Waals surface area (Å²) in [4.78, 5) is 18.9. The van der Waals surface area contributed by atoms with Crippen LogP contribution in [-0.4, -0.2) is 14.5 Å². The van der Waals surface area contributed by atoms with E-state index in [2.05, 4.69) is 9.97 Å². The molecule has 0 unspecified atom stereocenters. The molecule has 1 saturated carbocycles. The Labute approximate surface area is 93.3 Å². The zero-order valence-corrected chi connectivity index (χ0v) is 9.15. The van der Waals surface area contributed by atoms with E-state index in [-0.39, 0.29) is 5.69 Å². The Morgan fingerprint density at radius 3 is 2.94 bits per heavy atom. The highest BCUT2D eigenvalue weighted by Crippen LogP contribution is 2.28. The molecule has 2 aromatic rings. The second-order valence-corrected chi connectivity index (χ2v) is 4.46. The van der Waals surface area contributed by atoms with Crippen LogP contribution in [0, 0.1) is 0 Å². The minimum Gasteiger partial charge on any atom is -0.290 e. The number of rotatable bonds is 1. The molecule has 0 bridgehead atoms. The number of nitrogens with one attached hydrogen (secondary N) is 1. The van der Waals surface area contributed by atoms with Gasteiger partial charge < -0.3 is 0 Å². The summed E-state index contributed by atoms with van der Waals surface area (Å²) in [5.74, 6) is 0. The van der Waals surface area contributed by atoms with Gasteiger partial charge >= 0.3 is 5.69 Å². The number of imidazole rings is 1. The van der Waals surface area contributed by atoms with Crippen LogP contribution < -0.4 is 5.69 Å². The van der Waals surface area contributed by atoms with Gasteiger partial charge in [-0.15, -0.1) is 0 Å². The SMILES string of the molecule is O=c1[nH]c2ncccc2n1C1CCCCC1. The first-order valence-corrected chi connectivity index (χ1v) is 5.91. The number of hydrogen-bond acceptors (Lipinski definition) is 2. The second kappa shape index (κ2) is 3.77.